The molecule has 0 aromatic heterocycles. The number of esters is 1. The molecule has 0 bridgehead atoms. The number of aliphatic hydroxyl groups is 1. The Hall–Kier alpha value is -1.75. The number of carbonyl (C=O) groups is 1. The van der Waals surface area contributed by atoms with Crippen molar-refractivity contribution >= 4 is 11.7 Å². The highest BCUT2D eigenvalue weighted by Crippen LogP contribution is 2.21. The maximum absolute atomic E-state index is 11.4. The second kappa shape index (κ2) is 5.73. The fourth-order valence-corrected chi connectivity index (χ4v) is 1.69. The molecular weight excluding hydrogens is 234 g/mol. The number of rotatable bonds is 5. The van der Waals surface area contributed by atoms with Gasteiger partial charge < -0.3 is 19.5 Å². The maximum Gasteiger partial charge on any atom is 0.339 e. The SMILES string of the molecule is COC(=O)C(C)(O)CN(C)c1cccc(OC)c1. The van der Waals surface area contributed by atoms with Gasteiger partial charge in [0.25, 0.3) is 0 Å². The molecule has 100 valence electrons. The van der Waals surface area contributed by atoms with Crippen molar-refractivity contribution in [1.82, 2.24) is 0 Å². The van der Waals surface area contributed by atoms with E-state index in [4.69, 9.17) is 4.74 Å². The van der Waals surface area contributed by atoms with Crippen molar-refractivity contribution in [3.8, 4) is 5.75 Å². The van der Waals surface area contributed by atoms with E-state index in [1.165, 1.54) is 14.0 Å². The molecule has 5 nitrogen and oxygen atoms in total. The van der Waals surface area contributed by atoms with E-state index in [0.717, 1.165) is 11.4 Å². The van der Waals surface area contributed by atoms with E-state index in [9.17, 15) is 9.90 Å². The van der Waals surface area contributed by atoms with Gasteiger partial charge in [-0.25, -0.2) is 4.79 Å². The highest BCUT2D eigenvalue weighted by Gasteiger charge is 2.33. The fraction of sp³-hybridized carbons (Fsp3) is 0.462. The molecule has 0 aliphatic rings. The number of methoxy groups -OCH3 is 2. The number of benzene rings is 1. The molecule has 0 aliphatic carbocycles. The Kier molecular flexibility index (Phi) is 4.55. The second-order valence-electron chi connectivity index (χ2n) is 4.32. The van der Waals surface area contributed by atoms with Crippen LogP contribution in [0.5, 0.6) is 5.75 Å². The van der Waals surface area contributed by atoms with Crippen LogP contribution in [0.15, 0.2) is 24.3 Å². The molecule has 18 heavy (non-hydrogen) atoms. The van der Waals surface area contributed by atoms with Gasteiger partial charge in [-0.1, -0.05) is 6.07 Å². The summed E-state index contributed by atoms with van der Waals surface area (Å²) in [5, 5.41) is 9.99. The predicted molar refractivity (Wildman–Crippen MR) is 68.9 cm³/mol. The molecule has 0 radical (unpaired) electrons. The average Bonchev–Trinajstić information content (AvgIpc) is 2.37. The first-order chi connectivity index (χ1) is 8.40. The maximum atomic E-state index is 11.4. The summed E-state index contributed by atoms with van der Waals surface area (Å²) in [4.78, 5) is 13.2. The Labute approximate surface area is 107 Å². The van der Waals surface area contributed by atoms with Crippen LogP contribution in [0.25, 0.3) is 0 Å². The minimum atomic E-state index is -1.55. The third-order valence-electron chi connectivity index (χ3n) is 2.66. The minimum absolute atomic E-state index is 0.132. The number of nitrogens with zero attached hydrogens (tertiary/aromatic N) is 1. The summed E-state index contributed by atoms with van der Waals surface area (Å²) < 4.78 is 9.68. The molecule has 0 heterocycles. The van der Waals surface area contributed by atoms with Crippen molar-refractivity contribution in [3.63, 3.8) is 0 Å². The zero-order chi connectivity index (χ0) is 13.8. The molecule has 0 aliphatic heterocycles. The van der Waals surface area contributed by atoms with Gasteiger partial charge >= 0.3 is 5.97 Å². The number of hydrogen-bond donors (Lipinski definition) is 1. The van der Waals surface area contributed by atoms with Gasteiger partial charge in [0, 0.05) is 18.8 Å². The molecule has 0 saturated carbocycles. The lowest BCUT2D eigenvalue weighted by atomic mass is 10.1. The summed E-state index contributed by atoms with van der Waals surface area (Å²) >= 11 is 0. The Balaban J connectivity index is 2.81. The molecule has 0 saturated heterocycles. The van der Waals surface area contributed by atoms with Crippen LogP contribution in [0, 0.1) is 0 Å². The molecule has 1 unspecified atom stereocenters. The standard InChI is InChI=1S/C13H19NO4/c1-13(16,12(15)18-4)9-14(2)10-6-5-7-11(8-10)17-3/h5-8,16H,9H2,1-4H3. The van der Waals surface area contributed by atoms with Crippen LogP contribution in [0.3, 0.4) is 0 Å². The van der Waals surface area contributed by atoms with Crippen molar-refractivity contribution in [2.45, 2.75) is 12.5 Å². The first-order valence-corrected chi connectivity index (χ1v) is 5.56. The molecule has 1 N–H and O–H groups in total. The number of ether oxygens (including phenoxy) is 2. The summed E-state index contributed by atoms with van der Waals surface area (Å²) in [5.74, 6) is 0.0642. The van der Waals surface area contributed by atoms with Crippen molar-refractivity contribution in [1.29, 1.82) is 0 Å². The predicted octanol–water partition coefficient (Wildman–Crippen LogP) is 1.06. The topological polar surface area (TPSA) is 59.0 Å². The third-order valence-corrected chi connectivity index (χ3v) is 2.66. The molecule has 1 aromatic carbocycles. The molecule has 1 aromatic rings. The van der Waals surface area contributed by atoms with Crippen LogP contribution in [-0.2, 0) is 9.53 Å². The lowest BCUT2D eigenvalue weighted by molar-refractivity contribution is -0.159. The average molecular weight is 253 g/mol. The summed E-state index contributed by atoms with van der Waals surface area (Å²) in [7, 11) is 4.62. The molecule has 0 fully saturated rings. The zero-order valence-electron chi connectivity index (χ0n) is 11.1. The second-order valence-corrected chi connectivity index (χ2v) is 4.32. The summed E-state index contributed by atoms with van der Waals surface area (Å²) in [6, 6.07) is 7.37. The summed E-state index contributed by atoms with van der Waals surface area (Å²) in [5.41, 5.74) is -0.703. The highest BCUT2D eigenvalue weighted by molar-refractivity contribution is 5.79. The first-order valence-electron chi connectivity index (χ1n) is 5.56. The van der Waals surface area contributed by atoms with Gasteiger partial charge in [0.05, 0.1) is 20.8 Å². The van der Waals surface area contributed by atoms with Crippen molar-refractivity contribution in [2.24, 2.45) is 0 Å². The van der Waals surface area contributed by atoms with Crippen molar-refractivity contribution in [3.05, 3.63) is 24.3 Å². The molecule has 1 rings (SSSR count). The fourth-order valence-electron chi connectivity index (χ4n) is 1.69. The van der Waals surface area contributed by atoms with Crippen LogP contribution >= 0.6 is 0 Å². The van der Waals surface area contributed by atoms with Gasteiger partial charge in [0.15, 0.2) is 5.60 Å². The van der Waals surface area contributed by atoms with E-state index in [0.29, 0.717) is 0 Å². The van der Waals surface area contributed by atoms with Gasteiger partial charge in [-0.3, -0.25) is 0 Å². The van der Waals surface area contributed by atoms with Gasteiger partial charge in [0.2, 0.25) is 0 Å². The quantitative estimate of drug-likeness (QED) is 0.795. The Bertz CT molecular complexity index is 417. The van der Waals surface area contributed by atoms with Crippen LogP contribution in [-0.4, -0.2) is 44.5 Å². The Morgan fingerprint density at radius 1 is 1.44 bits per heavy atom. The van der Waals surface area contributed by atoms with E-state index in [1.54, 1.807) is 19.1 Å². The monoisotopic (exact) mass is 253 g/mol. The number of anilines is 1. The minimum Gasteiger partial charge on any atom is -0.497 e. The smallest absolute Gasteiger partial charge is 0.339 e. The normalized spacial score (nSPS) is 13.6. The van der Waals surface area contributed by atoms with E-state index in [2.05, 4.69) is 4.74 Å². The lowest BCUT2D eigenvalue weighted by Crippen LogP contribution is -2.46. The largest absolute Gasteiger partial charge is 0.497 e. The third kappa shape index (κ3) is 3.37. The van der Waals surface area contributed by atoms with E-state index in [-0.39, 0.29) is 6.54 Å². The van der Waals surface area contributed by atoms with Gasteiger partial charge in [-0.15, -0.1) is 0 Å². The zero-order valence-corrected chi connectivity index (χ0v) is 11.1. The van der Waals surface area contributed by atoms with Crippen molar-refractivity contribution < 1.29 is 19.4 Å². The molecule has 0 spiro atoms. The van der Waals surface area contributed by atoms with Gasteiger partial charge in [-0.05, 0) is 19.1 Å². The highest BCUT2D eigenvalue weighted by atomic mass is 16.5. The number of carbonyl (C=O) groups excluding carboxylic acids is 1. The molecule has 0 amide bonds. The van der Waals surface area contributed by atoms with Crippen LogP contribution in [0.1, 0.15) is 6.92 Å². The summed E-state index contributed by atoms with van der Waals surface area (Å²) in [6.45, 7) is 1.56. The van der Waals surface area contributed by atoms with E-state index >= 15 is 0 Å². The van der Waals surface area contributed by atoms with E-state index in [1.807, 2.05) is 24.3 Å². The molecule has 1 atom stereocenters. The Morgan fingerprint density at radius 2 is 2.11 bits per heavy atom. The van der Waals surface area contributed by atoms with E-state index < -0.39 is 11.6 Å². The lowest BCUT2D eigenvalue weighted by Gasteiger charge is -2.28. The van der Waals surface area contributed by atoms with Gasteiger partial charge in [0.1, 0.15) is 5.75 Å². The summed E-state index contributed by atoms with van der Waals surface area (Å²) in [6.07, 6.45) is 0. The first kappa shape index (κ1) is 14.3. The number of likely N-dealkylation sites (N-methyl/N-ethyl adjacent to an activating group) is 1. The van der Waals surface area contributed by atoms with Crippen LogP contribution in [0.2, 0.25) is 0 Å². The molecular formula is C13H19NO4. The number of hydrogen-bond acceptors (Lipinski definition) is 5. The van der Waals surface area contributed by atoms with Crippen LogP contribution in [0.4, 0.5) is 5.69 Å². The Morgan fingerprint density at radius 3 is 2.67 bits per heavy atom. The van der Waals surface area contributed by atoms with Crippen molar-refractivity contribution in [2.75, 3.05) is 32.7 Å². The van der Waals surface area contributed by atoms with Gasteiger partial charge in [-0.2, -0.15) is 0 Å². The van der Waals surface area contributed by atoms with Crippen LogP contribution < -0.4 is 9.64 Å². The molecule has 5 heteroatoms.